The van der Waals surface area contributed by atoms with Crippen LogP contribution in [0.25, 0.3) is 44.4 Å². The molecule has 2 aliphatic carbocycles. The summed E-state index contributed by atoms with van der Waals surface area (Å²) in [5, 5.41) is 6.04. The summed E-state index contributed by atoms with van der Waals surface area (Å²) >= 11 is 0. The number of aromatic nitrogens is 3. The number of rotatable bonds is 11. The molecule has 366 valence electrons. The fourth-order valence-electron chi connectivity index (χ4n) is 12.0. The van der Waals surface area contributed by atoms with Gasteiger partial charge in [-0.2, -0.15) is 0 Å². The van der Waals surface area contributed by atoms with E-state index in [1.165, 1.54) is 37.3 Å². The van der Waals surface area contributed by atoms with Gasteiger partial charge in [-0.3, -0.25) is 14.4 Å². The third-order valence-electron chi connectivity index (χ3n) is 15.9. The summed E-state index contributed by atoms with van der Waals surface area (Å²) in [4.78, 5) is 82.5. The van der Waals surface area contributed by atoms with Crippen molar-refractivity contribution in [3.05, 3.63) is 172 Å². The van der Waals surface area contributed by atoms with E-state index in [-0.39, 0.29) is 34.7 Å². The van der Waals surface area contributed by atoms with E-state index in [1.54, 1.807) is 28.0 Å². The second-order valence-corrected chi connectivity index (χ2v) is 19.8. The summed E-state index contributed by atoms with van der Waals surface area (Å²) in [5.74, 6) is 0.772. The molecule has 2 saturated heterocycles. The minimum atomic E-state index is -0.940. The van der Waals surface area contributed by atoms with Crippen LogP contribution < -0.4 is 16.1 Å². The van der Waals surface area contributed by atoms with Crippen LogP contribution in [-0.4, -0.2) is 76.1 Å². The zero-order chi connectivity index (χ0) is 49.7. The Kier molecular flexibility index (Phi) is 12.2. The second kappa shape index (κ2) is 19.0. The lowest BCUT2D eigenvalue weighted by Crippen LogP contribution is -2.43. The fourth-order valence-corrected chi connectivity index (χ4v) is 12.0. The highest BCUT2D eigenvalue weighted by Gasteiger charge is 2.51. The maximum Gasteiger partial charge on any atom is 0.407 e. The van der Waals surface area contributed by atoms with Crippen molar-refractivity contribution in [1.82, 2.24) is 35.4 Å². The number of hydrogen-bond donors (Lipinski definition) is 4. The average Bonchev–Trinajstić information content (AvgIpc) is 4.25. The SMILES string of the molecule is COC(=O)NC(C(=O)N1CCCC1c1cc(=O)c2cc(-c3ccc(-c4ccc(-c5cnc(C6CCCN6C(=O)C(NC(=O)OC)c6ccccc6)[nH]5)cc4)c4c3C3(C)CCC3C4)ccc2[nH]1)c1ccccc1. The molecule has 6 unspecified atom stereocenters. The number of amides is 4. The van der Waals surface area contributed by atoms with Crippen LogP contribution in [0.3, 0.4) is 0 Å². The standard InChI is InChI=1S/C58H57N7O7/c1-58-27-26-39(58)31-42-40(34-18-20-35(21-19-34)46-33-59-53(61-46)48-17-11-29-65(48)55(68)52(63-57(70)72-3)37-14-8-5-9-15-37)23-24-41(50(42)58)38-22-25-44-43(30-38)49(66)32-45(60-44)47-16-10-28-64(47)54(67)51(62-56(69)71-2)36-12-6-4-7-13-36/h4-9,12-15,18-25,30,32-33,39,47-48,51-52H,10-11,16-17,26-29,31H2,1-3H3,(H,59,61)(H,60,66)(H,62,69)(H,63,70). The Morgan fingerprint density at radius 3 is 1.88 bits per heavy atom. The van der Waals surface area contributed by atoms with Crippen LogP contribution in [0, 0.1) is 5.92 Å². The minimum absolute atomic E-state index is 0.0307. The number of ether oxygens (including phenoxy) is 2. The smallest absolute Gasteiger partial charge is 0.407 e. The molecule has 4 amide bonds. The lowest BCUT2D eigenvalue weighted by molar-refractivity contribution is -0.135. The minimum Gasteiger partial charge on any atom is -0.453 e. The van der Waals surface area contributed by atoms with E-state index in [2.05, 4.69) is 70.0 Å². The predicted octanol–water partition coefficient (Wildman–Crippen LogP) is 10.00. The molecule has 4 N–H and O–H groups in total. The number of methoxy groups -OCH3 is 2. The number of fused-ring (bicyclic) bond motifs is 4. The predicted molar refractivity (Wildman–Crippen MR) is 274 cm³/mol. The lowest BCUT2D eigenvalue weighted by atomic mass is 9.60. The first-order valence-corrected chi connectivity index (χ1v) is 24.9. The van der Waals surface area contributed by atoms with E-state index >= 15 is 0 Å². The molecule has 3 fully saturated rings. The van der Waals surface area contributed by atoms with Crippen molar-refractivity contribution in [2.75, 3.05) is 27.3 Å². The molecule has 1 saturated carbocycles. The number of carbonyl (C=O) groups is 4. The first kappa shape index (κ1) is 46.4. The highest BCUT2D eigenvalue weighted by atomic mass is 16.5. The molecule has 7 aromatic rings. The molecule has 4 heterocycles. The number of aromatic amines is 2. The summed E-state index contributed by atoms with van der Waals surface area (Å²) in [5.41, 5.74) is 11.7. The summed E-state index contributed by atoms with van der Waals surface area (Å²) < 4.78 is 9.74. The quantitative estimate of drug-likeness (QED) is 0.0989. The van der Waals surface area contributed by atoms with Crippen molar-refractivity contribution >= 4 is 34.9 Å². The monoisotopic (exact) mass is 963 g/mol. The van der Waals surface area contributed by atoms with Crippen LogP contribution in [0.1, 0.15) is 103 Å². The second-order valence-electron chi connectivity index (χ2n) is 19.8. The molecule has 2 aliphatic heterocycles. The van der Waals surface area contributed by atoms with Gasteiger partial charge < -0.3 is 39.9 Å². The lowest BCUT2D eigenvalue weighted by Gasteiger charge is -2.43. The van der Waals surface area contributed by atoms with E-state index < -0.39 is 24.3 Å². The van der Waals surface area contributed by atoms with Gasteiger partial charge in [0.05, 0.1) is 38.2 Å². The van der Waals surface area contributed by atoms with E-state index in [4.69, 9.17) is 14.5 Å². The zero-order valence-electron chi connectivity index (χ0n) is 40.6. The maximum atomic E-state index is 14.2. The van der Waals surface area contributed by atoms with Gasteiger partial charge in [-0.25, -0.2) is 14.6 Å². The Balaban J connectivity index is 0.846. The first-order chi connectivity index (χ1) is 35.0. The summed E-state index contributed by atoms with van der Waals surface area (Å²) in [6.07, 6.45) is 6.72. The molecule has 6 atom stereocenters. The van der Waals surface area contributed by atoms with Crippen molar-refractivity contribution in [1.29, 1.82) is 0 Å². The molecule has 0 radical (unpaired) electrons. The van der Waals surface area contributed by atoms with E-state index in [9.17, 15) is 24.0 Å². The number of nitrogens with zero attached hydrogens (tertiary/aromatic N) is 3. The first-order valence-electron chi connectivity index (χ1n) is 24.9. The highest BCUT2D eigenvalue weighted by molar-refractivity contribution is 5.90. The average molecular weight is 964 g/mol. The van der Waals surface area contributed by atoms with Crippen LogP contribution >= 0.6 is 0 Å². The van der Waals surface area contributed by atoms with Gasteiger partial charge in [-0.1, -0.05) is 110 Å². The molecular weight excluding hydrogens is 907 g/mol. The van der Waals surface area contributed by atoms with Crippen molar-refractivity contribution in [3.8, 4) is 33.5 Å². The number of pyridine rings is 1. The Morgan fingerprint density at radius 1 is 0.681 bits per heavy atom. The number of H-pyrrole nitrogens is 2. The van der Waals surface area contributed by atoms with Crippen molar-refractivity contribution in [3.63, 3.8) is 0 Å². The van der Waals surface area contributed by atoms with E-state index in [1.807, 2.05) is 66.9 Å². The van der Waals surface area contributed by atoms with Crippen LogP contribution in [0.5, 0.6) is 0 Å². The molecule has 2 aromatic heterocycles. The molecule has 14 heteroatoms. The van der Waals surface area contributed by atoms with Gasteiger partial charge in [-0.15, -0.1) is 0 Å². The summed E-state index contributed by atoms with van der Waals surface area (Å²) in [6.45, 7) is 3.43. The molecule has 14 nitrogen and oxygen atoms in total. The molecule has 0 spiro atoms. The summed E-state index contributed by atoms with van der Waals surface area (Å²) in [6, 6.07) is 36.6. The Bertz CT molecular complexity index is 3280. The van der Waals surface area contributed by atoms with Crippen molar-refractivity contribution in [2.24, 2.45) is 5.92 Å². The highest BCUT2D eigenvalue weighted by Crippen LogP contribution is 2.60. The van der Waals surface area contributed by atoms with Gasteiger partial charge in [-0.05, 0) is 118 Å². The van der Waals surface area contributed by atoms with Crippen molar-refractivity contribution < 1.29 is 28.7 Å². The van der Waals surface area contributed by atoms with Gasteiger partial charge in [0.25, 0.3) is 5.91 Å². The topological polar surface area (TPSA) is 179 Å². The molecule has 11 rings (SSSR count). The third-order valence-corrected chi connectivity index (χ3v) is 15.9. The normalized spacial score (nSPS) is 20.8. The van der Waals surface area contributed by atoms with Gasteiger partial charge >= 0.3 is 12.2 Å². The zero-order valence-corrected chi connectivity index (χ0v) is 40.6. The Hall–Kier alpha value is -8.00. The van der Waals surface area contributed by atoms with Gasteiger partial charge in [0.2, 0.25) is 5.91 Å². The number of nitrogens with one attached hydrogen (secondary N) is 4. The number of carbonyl (C=O) groups excluding carboxylic acids is 4. The maximum absolute atomic E-state index is 14.2. The van der Waals surface area contributed by atoms with Crippen LogP contribution in [0.2, 0.25) is 0 Å². The molecule has 72 heavy (non-hydrogen) atoms. The Morgan fingerprint density at radius 2 is 1.26 bits per heavy atom. The number of hydrogen-bond acceptors (Lipinski definition) is 8. The molecule has 5 aromatic carbocycles. The molecular formula is C58H57N7O7. The van der Waals surface area contributed by atoms with Crippen LogP contribution in [0.15, 0.2) is 132 Å². The van der Waals surface area contributed by atoms with Crippen LogP contribution in [0.4, 0.5) is 9.59 Å². The Labute approximate surface area is 417 Å². The van der Waals surface area contributed by atoms with E-state index in [0.29, 0.717) is 59.0 Å². The van der Waals surface area contributed by atoms with Gasteiger partial charge in [0.15, 0.2) is 5.43 Å². The third kappa shape index (κ3) is 8.27. The van der Waals surface area contributed by atoms with E-state index in [0.717, 1.165) is 60.1 Å². The molecule has 4 aliphatic rings. The molecule has 0 bridgehead atoms. The van der Waals surface area contributed by atoms with Crippen LogP contribution in [-0.2, 0) is 30.9 Å². The summed E-state index contributed by atoms with van der Waals surface area (Å²) in [7, 11) is 2.56. The number of imidazole rings is 1. The van der Waals surface area contributed by atoms with Gasteiger partial charge in [0, 0.05) is 35.8 Å². The largest absolute Gasteiger partial charge is 0.453 e. The van der Waals surface area contributed by atoms with Gasteiger partial charge in [0.1, 0.15) is 17.9 Å². The number of alkyl carbamates (subject to hydrolysis) is 2. The van der Waals surface area contributed by atoms with Crippen molar-refractivity contribution in [2.45, 2.75) is 81.5 Å². The fraction of sp³-hybridized carbons (Fsp3) is 0.310. The number of benzene rings is 5. The number of likely N-dealkylation sites (tertiary alicyclic amines) is 2.